The number of H-pyrrole nitrogens is 2. The lowest BCUT2D eigenvalue weighted by Gasteiger charge is -2.22. The third kappa shape index (κ3) is 2.40. The van der Waals surface area contributed by atoms with E-state index >= 15 is 0 Å². The van der Waals surface area contributed by atoms with Crippen LogP contribution in [-0.2, 0) is 12.8 Å². The van der Waals surface area contributed by atoms with E-state index in [-0.39, 0.29) is 23.2 Å². The summed E-state index contributed by atoms with van der Waals surface area (Å²) in [4.78, 5) is 29.2. The molecule has 19 heavy (non-hydrogen) atoms. The molecule has 7 nitrogen and oxygen atoms in total. The van der Waals surface area contributed by atoms with Crippen LogP contribution in [0, 0.1) is 0 Å². The molecule has 2 heterocycles. The van der Waals surface area contributed by atoms with E-state index in [1.54, 1.807) is 0 Å². The van der Waals surface area contributed by atoms with Crippen LogP contribution in [0.1, 0.15) is 28.2 Å². The first-order chi connectivity index (χ1) is 9.22. The maximum absolute atomic E-state index is 12.0. The molecule has 1 atom stereocenters. The fraction of sp³-hybridized carbons (Fsp3) is 0.333. The quantitative estimate of drug-likeness (QED) is 0.693. The molecule has 2 aromatic rings. The van der Waals surface area contributed by atoms with E-state index in [2.05, 4.69) is 25.5 Å². The van der Waals surface area contributed by atoms with Crippen molar-refractivity contribution in [2.24, 2.45) is 0 Å². The summed E-state index contributed by atoms with van der Waals surface area (Å²) < 4.78 is 0. The molecule has 0 aromatic carbocycles. The number of aromatic amines is 2. The van der Waals surface area contributed by atoms with E-state index in [1.165, 1.54) is 11.8 Å². The fourth-order valence-corrected chi connectivity index (χ4v) is 2.29. The number of nitrogens with zero attached hydrogens (tertiary/aromatic N) is 2. The average Bonchev–Trinajstić information content (AvgIpc) is 2.86. The molecule has 0 radical (unpaired) electrons. The third-order valence-electron chi connectivity index (χ3n) is 3.25. The summed E-state index contributed by atoms with van der Waals surface area (Å²) in [5, 5.41) is 9.83. The minimum Gasteiger partial charge on any atom is -0.348 e. The van der Waals surface area contributed by atoms with Gasteiger partial charge in [0.05, 0.1) is 18.6 Å². The number of carbonyl (C=O) groups is 1. The molecule has 2 aromatic heterocycles. The average molecular weight is 259 g/mol. The SMILES string of the molecule is O=C(N[C@@H]1CCc2cn[nH]c2C1)c1cncc(=O)[nH]1. The van der Waals surface area contributed by atoms with Crippen molar-refractivity contribution in [1.29, 1.82) is 0 Å². The maximum Gasteiger partial charge on any atom is 0.269 e. The zero-order valence-corrected chi connectivity index (χ0v) is 10.1. The van der Waals surface area contributed by atoms with Crippen molar-refractivity contribution in [3.05, 3.63) is 45.9 Å². The predicted molar refractivity (Wildman–Crippen MR) is 66.7 cm³/mol. The highest BCUT2D eigenvalue weighted by atomic mass is 16.2. The molecular formula is C12H13N5O2. The highest BCUT2D eigenvalue weighted by Crippen LogP contribution is 2.18. The Labute approximate surface area is 108 Å². The fourth-order valence-electron chi connectivity index (χ4n) is 2.29. The van der Waals surface area contributed by atoms with E-state index in [0.717, 1.165) is 31.2 Å². The van der Waals surface area contributed by atoms with E-state index in [0.29, 0.717) is 0 Å². The number of carbonyl (C=O) groups excluding carboxylic acids is 1. The van der Waals surface area contributed by atoms with Crippen molar-refractivity contribution in [2.45, 2.75) is 25.3 Å². The molecule has 0 saturated carbocycles. The lowest BCUT2D eigenvalue weighted by atomic mass is 9.94. The topological polar surface area (TPSA) is 104 Å². The molecule has 0 spiro atoms. The van der Waals surface area contributed by atoms with Gasteiger partial charge in [-0.15, -0.1) is 0 Å². The van der Waals surface area contributed by atoms with Gasteiger partial charge in [0.1, 0.15) is 5.69 Å². The van der Waals surface area contributed by atoms with E-state index in [1.807, 2.05) is 6.20 Å². The number of hydrogen-bond donors (Lipinski definition) is 3. The number of nitrogens with one attached hydrogen (secondary N) is 3. The van der Waals surface area contributed by atoms with Crippen LogP contribution in [0.2, 0.25) is 0 Å². The van der Waals surface area contributed by atoms with E-state index < -0.39 is 0 Å². The van der Waals surface area contributed by atoms with Gasteiger partial charge in [-0.25, -0.2) is 0 Å². The molecule has 0 aliphatic heterocycles. The predicted octanol–water partition coefficient (Wildman–Crippen LogP) is -0.220. The van der Waals surface area contributed by atoms with Gasteiger partial charge in [0.25, 0.3) is 11.5 Å². The summed E-state index contributed by atoms with van der Waals surface area (Å²) in [6.45, 7) is 0. The van der Waals surface area contributed by atoms with Gasteiger partial charge in [-0.3, -0.25) is 19.7 Å². The highest BCUT2D eigenvalue weighted by molar-refractivity contribution is 5.92. The second-order valence-electron chi connectivity index (χ2n) is 4.60. The summed E-state index contributed by atoms with van der Waals surface area (Å²) in [5.74, 6) is -0.307. The van der Waals surface area contributed by atoms with Gasteiger partial charge < -0.3 is 10.3 Å². The van der Waals surface area contributed by atoms with Crippen molar-refractivity contribution < 1.29 is 4.79 Å². The second kappa shape index (κ2) is 4.68. The van der Waals surface area contributed by atoms with Crippen LogP contribution in [0.3, 0.4) is 0 Å². The van der Waals surface area contributed by atoms with Gasteiger partial charge in [0.15, 0.2) is 0 Å². The highest BCUT2D eigenvalue weighted by Gasteiger charge is 2.22. The van der Waals surface area contributed by atoms with Gasteiger partial charge in [-0.1, -0.05) is 0 Å². The third-order valence-corrected chi connectivity index (χ3v) is 3.25. The number of amides is 1. The molecular weight excluding hydrogens is 246 g/mol. The Morgan fingerprint density at radius 3 is 3.11 bits per heavy atom. The van der Waals surface area contributed by atoms with Crippen LogP contribution < -0.4 is 10.9 Å². The molecule has 1 amide bonds. The summed E-state index contributed by atoms with van der Waals surface area (Å²) >= 11 is 0. The van der Waals surface area contributed by atoms with Crippen LogP contribution >= 0.6 is 0 Å². The normalized spacial score (nSPS) is 17.8. The number of rotatable bonds is 2. The van der Waals surface area contributed by atoms with Crippen LogP contribution in [0.4, 0.5) is 0 Å². The standard InChI is InChI=1S/C12H13N5O2/c18-11-6-13-5-10(16-11)12(19)15-8-2-1-7-4-14-17-9(7)3-8/h4-6,8H,1-3H2,(H,14,17)(H,15,19)(H,16,18)/t8-/m1/s1. The Bertz CT molecular complexity index is 660. The van der Waals surface area contributed by atoms with Crippen molar-refractivity contribution in [3.8, 4) is 0 Å². The molecule has 0 bridgehead atoms. The van der Waals surface area contributed by atoms with Crippen molar-refractivity contribution in [1.82, 2.24) is 25.5 Å². The van der Waals surface area contributed by atoms with Crippen molar-refractivity contribution in [2.75, 3.05) is 0 Å². The number of aromatic nitrogens is 4. The van der Waals surface area contributed by atoms with Gasteiger partial charge in [-0.2, -0.15) is 5.10 Å². The Morgan fingerprint density at radius 1 is 1.37 bits per heavy atom. The first kappa shape index (κ1) is 11.6. The molecule has 0 unspecified atom stereocenters. The molecule has 0 saturated heterocycles. The molecule has 1 aliphatic carbocycles. The van der Waals surface area contributed by atoms with Crippen LogP contribution in [0.15, 0.2) is 23.4 Å². The summed E-state index contributed by atoms with van der Waals surface area (Å²) in [7, 11) is 0. The first-order valence-corrected chi connectivity index (χ1v) is 6.08. The zero-order chi connectivity index (χ0) is 13.2. The van der Waals surface area contributed by atoms with Crippen LogP contribution in [0.25, 0.3) is 0 Å². The van der Waals surface area contributed by atoms with Crippen molar-refractivity contribution in [3.63, 3.8) is 0 Å². The number of fused-ring (bicyclic) bond motifs is 1. The lowest BCUT2D eigenvalue weighted by Crippen LogP contribution is -2.39. The minimum atomic E-state index is -0.382. The lowest BCUT2D eigenvalue weighted by molar-refractivity contribution is 0.0927. The monoisotopic (exact) mass is 259 g/mol. The Morgan fingerprint density at radius 2 is 2.26 bits per heavy atom. The maximum atomic E-state index is 12.0. The number of aryl methyl sites for hydroxylation is 1. The smallest absolute Gasteiger partial charge is 0.269 e. The van der Waals surface area contributed by atoms with Crippen molar-refractivity contribution >= 4 is 5.91 Å². The van der Waals surface area contributed by atoms with Gasteiger partial charge in [0, 0.05) is 18.2 Å². The Hall–Kier alpha value is -2.44. The van der Waals surface area contributed by atoms with E-state index in [9.17, 15) is 9.59 Å². The summed E-state index contributed by atoms with van der Waals surface area (Å²) in [5.41, 5.74) is 2.08. The minimum absolute atomic E-state index is 0.0455. The molecule has 7 heteroatoms. The summed E-state index contributed by atoms with van der Waals surface area (Å²) in [6.07, 6.45) is 6.79. The van der Waals surface area contributed by atoms with Gasteiger partial charge in [-0.05, 0) is 18.4 Å². The van der Waals surface area contributed by atoms with Crippen LogP contribution in [-0.4, -0.2) is 32.1 Å². The largest absolute Gasteiger partial charge is 0.348 e. The van der Waals surface area contributed by atoms with Gasteiger partial charge >= 0.3 is 0 Å². The summed E-state index contributed by atoms with van der Waals surface area (Å²) in [6, 6.07) is 0.0455. The second-order valence-corrected chi connectivity index (χ2v) is 4.60. The molecule has 3 N–H and O–H groups in total. The Balaban J connectivity index is 1.70. The molecule has 0 fully saturated rings. The molecule has 98 valence electrons. The van der Waals surface area contributed by atoms with Gasteiger partial charge in [0.2, 0.25) is 0 Å². The van der Waals surface area contributed by atoms with E-state index in [4.69, 9.17) is 0 Å². The van der Waals surface area contributed by atoms with Crippen LogP contribution in [0.5, 0.6) is 0 Å². The zero-order valence-electron chi connectivity index (χ0n) is 10.1. The first-order valence-electron chi connectivity index (χ1n) is 6.08. The number of hydrogen-bond acceptors (Lipinski definition) is 4. The Kier molecular flexibility index (Phi) is 2.86. The molecule has 3 rings (SSSR count). The molecule has 1 aliphatic rings.